The van der Waals surface area contributed by atoms with Crippen LogP contribution in [0, 0.1) is 0 Å². The van der Waals surface area contributed by atoms with Crippen molar-refractivity contribution in [3.05, 3.63) is 47.5 Å². The highest BCUT2D eigenvalue weighted by Gasteiger charge is 2.10. The fourth-order valence-corrected chi connectivity index (χ4v) is 1.74. The fourth-order valence-electron chi connectivity index (χ4n) is 1.45. The average molecular weight is 204 g/mol. The van der Waals surface area contributed by atoms with Gasteiger partial charge in [0.05, 0.1) is 5.36 Å². The lowest BCUT2D eigenvalue weighted by Crippen LogP contribution is -2.39. The van der Waals surface area contributed by atoms with Gasteiger partial charge in [0.25, 0.3) is 0 Å². The number of thiol groups is 1. The Kier molecular flexibility index (Phi) is 2.59. The lowest BCUT2D eigenvalue weighted by molar-refractivity contribution is 0.425. The molecule has 1 unspecified atom stereocenters. The molecular formula is C11H12N2S. The van der Waals surface area contributed by atoms with Crippen molar-refractivity contribution in [2.75, 3.05) is 6.54 Å². The van der Waals surface area contributed by atoms with Crippen molar-refractivity contribution in [2.24, 2.45) is 4.99 Å². The molecule has 0 radical (unpaired) electrons. The van der Waals surface area contributed by atoms with Crippen LogP contribution in [0.5, 0.6) is 0 Å². The summed E-state index contributed by atoms with van der Waals surface area (Å²) in [5.74, 6) is 0. The number of para-hydroxylation sites is 1. The van der Waals surface area contributed by atoms with Gasteiger partial charge in [-0.25, -0.2) is 4.99 Å². The second-order valence-electron chi connectivity index (χ2n) is 3.15. The summed E-state index contributed by atoms with van der Waals surface area (Å²) in [6.07, 6.45) is 3.92. The second kappa shape index (κ2) is 3.88. The number of rotatable bonds is 2. The first-order valence-corrected chi connectivity index (χ1v) is 5.02. The molecule has 1 aliphatic rings. The van der Waals surface area contributed by atoms with Gasteiger partial charge in [-0.15, -0.1) is 19.2 Å². The van der Waals surface area contributed by atoms with Crippen molar-refractivity contribution in [3.63, 3.8) is 0 Å². The van der Waals surface area contributed by atoms with E-state index in [1.165, 1.54) is 0 Å². The van der Waals surface area contributed by atoms with Crippen LogP contribution in [-0.4, -0.2) is 16.9 Å². The minimum Gasteiger partial charge on any atom is -0.344 e. The molecule has 0 saturated carbocycles. The third kappa shape index (κ3) is 1.68. The average Bonchev–Trinajstić information content (AvgIpc) is 2.19. The van der Waals surface area contributed by atoms with Gasteiger partial charge in [-0.1, -0.05) is 24.3 Å². The van der Waals surface area contributed by atoms with Gasteiger partial charge in [-0.3, -0.25) is 0 Å². The van der Waals surface area contributed by atoms with E-state index in [0.29, 0.717) is 0 Å². The van der Waals surface area contributed by atoms with Gasteiger partial charge in [-0.05, 0) is 6.07 Å². The molecule has 1 aliphatic heterocycles. The summed E-state index contributed by atoms with van der Waals surface area (Å²) in [6, 6.07) is 8.05. The molecule has 0 saturated heterocycles. The van der Waals surface area contributed by atoms with Gasteiger partial charge in [0.1, 0.15) is 0 Å². The van der Waals surface area contributed by atoms with Crippen LogP contribution in [0.25, 0.3) is 6.20 Å². The van der Waals surface area contributed by atoms with E-state index in [1.807, 2.05) is 29.2 Å². The van der Waals surface area contributed by atoms with Crippen molar-refractivity contribution in [2.45, 2.75) is 5.50 Å². The Morgan fingerprint density at radius 1 is 1.50 bits per heavy atom. The summed E-state index contributed by atoms with van der Waals surface area (Å²) >= 11 is 4.40. The number of benzene rings is 1. The van der Waals surface area contributed by atoms with Crippen LogP contribution >= 0.6 is 12.6 Å². The SMILES string of the molecule is C=CCN1C=c2ccccc2=NC1S. The van der Waals surface area contributed by atoms with Crippen molar-refractivity contribution in [1.29, 1.82) is 0 Å². The Balaban J connectivity index is 2.49. The minimum absolute atomic E-state index is 0.0945. The maximum Gasteiger partial charge on any atom is 0.166 e. The predicted octanol–water partition coefficient (Wildman–Crippen LogP) is 0.759. The van der Waals surface area contributed by atoms with E-state index in [2.05, 4.69) is 36.5 Å². The Morgan fingerprint density at radius 2 is 2.29 bits per heavy atom. The first-order valence-electron chi connectivity index (χ1n) is 4.51. The van der Waals surface area contributed by atoms with Gasteiger partial charge in [-0.2, -0.15) is 0 Å². The highest BCUT2D eigenvalue weighted by Crippen LogP contribution is 2.07. The van der Waals surface area contributed by atoms with Crippen molar-refractivity contribution < 1.29 is 0 Å². The molecule has 3 heteroatoms. The van der Waals surface area contributed by atoms with Crippen LogP contribution < -0.4 is 10.6 Å². The molecule has 0 fully saturated rings. The van der Waals surface area contributed by atoms with E-state index in [9.17, 15) is 0 Å². The molecule has 2 rings (SSSR count). The molecule has 1 atom stereocenters. The van der Waals surface area contributed by atoms with Gasteiger partial charge < -0.3 is 4.90 Å². The molecule has 0 amide bonds. The second-order valence-corrected chi connectivity index (χ2v) is 3.61. The predicted molar refractivity (Wildman–Crippen MR) is 61.4 cm³/mol. The molecule has 1 aromatic rings. The number of hydrogen-bond donors (Lipinski definition) is 1. The maximum atomic E-state index is 4.46. The van der Waals surface area contributed by atoms with E-state index in [1.54, 1.807) is 0 Å². The number of hydrogen-bond acceptors (Lipinski definition) is 3. The largest absolute Gasteiger partial charge is 0.344 e. The summed E-state index contributed by atoms with van der Waals surface area (Å²) in [5, 5.41) is 2.15. The Labute approximate surface area is 88.7 Å². The monoisotopic (exact) mass is 204 g/mol. The number of fused-ring (bicyclic) bond motifs is 1. The van der Waals surface area contributed by atoms with E-state index < -0.39 is 0 Å². The molecule has 2 nitrogen and oxygen atoms in total. The van der Waals surface area contributed by atoms with E-state index in [0.717, 1.165) is 17.1 Å². The molecule has 14 heavy (non-hydrogen) atoms. The molecule has 1 heterocycles. The van der Waals surface area contributed by atoms with Crippen LogP contribution in [0.15, 0.2) is 41.9 Å². The fraction of sp³-hybridized carbons (Fsp3) is 0.182. The molecule has 0 aromatic heterocycles. The summed E-state index contributed by atoms with van der Waals surface area (Å²) < 4.78 is 0. The van der Waals surface area contributed by atoms with Crippen LogP contribution in [0.1, 0.15) is 0 Å². The summed E-state index contributed by atoms with van der Waals surface area (Å²) in [6.45, 7) is 4.48. The Bertz CT molecular complexity index is 453. The maximum absolute atomic E-state index is 4.46. The van der Waals surface area contributed by atoms with Crippen LogP contribution in [0.3, 0.4) is 0 Å². The van der Waals surface area contributed by atoms with Crippen molar-refractivity contribution >= 4 is 18.8 Å². The number of nitrogens with zero attached hydrogens (tertiary/aromatic N) is 2. The third-order valence-electron chi connectivity index (χ3n) is 2.13. The first kappa shape index (κ1) is 9.34. The first-order chi connectivity index (χ1) is 6.81. The molecule has 0 N–H and O–H groups in total. The molecule has 1 aromatic carbocycles. The van der Waals surface area contributed by atoms with Gasteiger partial charge >= 0.3 is 0 Å². The normalized spacial score (nSPS) is 19.2. The summed E-state index contributed by atoms with van der Waals surface area (Å²) in [5.41, 5.74) is -0.0945. The standard InChI is InChI=1S/C11H12N2S/c1-2-7-13-8-9-5-3-4-6-10(9)12-11(13)14/h2-6,8,11,14H,1,7H2. The smallest absolute Gasteiger partial charge is 0.166 e. The molecule has 0 spiro atoms. The van der Waals surface area contributed by atoms with E-state index in [4.69, 9.17) is 0 Å². The zero-order chi connectivity index (χ0) is 9.97. The van der Waals surface area contributed by atoms with Crippen LogP contribution in [0.2, 0.25) is 0 Å². The van der Waals surface area contributed by atoms with E-state index in [-0.39, 0.29) is 5.50 Å². The molecule has 0 bridgehead atoms. The highest BCUT2D eigenvalue weighted by atomic mass is 32.1. The van der Waals surface area contributed by atoms with E-state index >= 15 is 0 Å². The van der Waals surface area contributed by atoms with Gasteiger partial charge in [0.15, 0.2) is 5.50 Å². The third-order valence-corrected chi connectivity index (χ3v) is 2.54. The molecular weight excluding hydrogens is 192 g/mol. The van der Waals surface area contributed by atoms with Gasteiger partial charge in [0, 0.05) is 18.0 Å². The Morgan fingerprint density at radius 3 is 3.07 bits per heavy atom. The van der Waals surface area contributed by atoms with Crippen LogP contribution in [0.4, 0.5) is 0 Å². The van der Waals surface area contributed by atoms with Gasteiger partial charge in [0.2, 0.25) is 0 Å². The van der Waals surface area contributed by atoms with Crippen LogP contribution in [-0.2, 0) is 0 Å². The summed E-state index contributed by atoms with van der Waals surface area (Å²) in [4.78, 5) is 6.50. The Hall–Kier alpha value is -1.22. The molecule has 0 aliphatic carbocycles. The molecule has 72 valence electrons. The van der Waals surface area contributed by atoms with Crippen molar-refractivity contribution in [3.8, 4) is 0 Å². The quantitative estimate of drug-likeness (QED) is 0.555. The topological polar surface area (TPSA) is 15.6 Å². The lowest BCUT2D eigenvalue weighted by atomic mass is 10.2. The zero-order valence-electron chi connectivity index (χ0n) is 7.80. The summed E-state index contributed by atoms with van der Waals surface area (Å²) in [7, 11) is 0. The van der Waals surface area contributed by atoms with Crippen molar-refractivity contribution in [1.82, 2.24) is 4.90 Å². The lowest BCUT2D eigenvalue weighted by Gasteiger charge is -2.24. The minimum atomic E-state index is -0.0945. The zero-order valence-corrected chi connectivity index (χ0v) is 8.69. The highest BCUT2D eigenvalue weighted by molar-refractivity contribution is 7.80.